The molecule has 1 heterocycles. The van der Waals surface area contributed by atoms with Crippen molar-refractivity contribution in [1.29, 1.82) is 0 Å². The zero-order valence-corrected chi connectivity index (χ0v) is 12.9. The summed E-state index contributed by atoms with van der Waals surface area (Å²) in [6, 6.07) is 9.68. The minimum absolute atomic E-state index is 0.0335. The highest BCUT2D eigenvalue weighted by atomic mass is 28.3. The number of nitrogens with two attached hydrogens (primary N) is 1. The standard InChI is InChI=1S/C15H19N3OSi/c1-12(16)13-6-3-4-7-14(13)19-20(2)11-8-15-17-9-5-10-18-15/h3-12,20H,16H2,1-2H3/b11-8+. The largest absolute Gasteiger partial charge is 0.543 e. The highest BCUT2D eigenvalue weighted by molar-refractivity contribution is 6.57. The topological polar surface area (TPSA) is 61.0 Å². The molecule has 4 nitrogen and oxygen atoms in total. The average molecular weight is 285 g/mol. The van der Waals surface area contributed by atoms with Crippen LogP contribution < -0.4 is 10.2 Å². The molecule has 0 bridgehead atoms. The lowest BCUT2D eigenvalue weighted by atomic mass is 10.1. The molecule has 5 heteroatoms. The maximum atomic E-state index is 6.05. The van der Waals surface area contributed by atoms with Gasteiger partial charge >= 0.3 is 0 Å². The lowest BCUT2D eigenvalue weighted by molar-refractivity contribution is 0.567. The Morgan fingerprint density at radius 3 is 2.60 bits per heavy atom. The van der Waals surface area contributed by atoms with Crippen molar-refractivity contribution in [3.05, 3.63) is 59.8 Å². The molecule has 0 aliphatic rings. The molecule has 0 spiro atoms. The molecule has 0 aliphatic carbocycles. The fourth-order valence-electron chi connectivity index (χ4n) is 1.82. The second-order valence-corrected chi connectivity index (χ2v) is 6.65. The Hall–Kier alpha value is -1.98. The van der Waals surface area contributed by atoms with Crippen molar-refractivity contribution in [2.45, 2.75) is 19.5 Å². The van der Waals surface area contributed by atoms with Crippen molar-refractivity contribution in [3.63, 3.8) is 0 Å². The van der Waals surface area contributed by atoms with Gasteiger partial charge in [-0.25, -0.2) is 9.97 Å². The lowest BCUT2D eigenvalue weighted by Gasteiger charge is -2.16. The van der Waals surface area contributed by atoms with E-state index in [0.717, 1.165) is 11.3 Å². The SMILES string of the molecule is CC(N)c1ccccc1O[SiH](C)/C=C/c1ncccn1. The fourth-order valence-corrected chi connectivity index (χ4v) is 2.96. The van der Waals surface area contributed by atoms with Gasteiger partial charge in [0.25, 0.3) is 9.04 Å². The minimum atomic E-state index is -1.48. The van der Waals surface area contributed by atoms with E-state index in [-0.39, 0.29) is 6.04 Å². The summed E-state index contributed by atoms with van der Waals surface area (Å²) in [5.41, 5.74) is 9.05. The third-order valence-electron chi connectivity index (χ3n) is 2.82. The monoisotopic (exact) mass is 285 g/mol. The van der Waals surface area contributed by atoms with E-state index in [1.807, 2.05) is 37.3 Å². The van der Waals surface area contributed by atoms with E-state index < -0.39 is 9.04 Å². The van der Waals surface area contributed by atoms with Crippen molar-refractivity contribution >= 4 is 15.1 Å². The predicted molar refractivity (Wildman–Crippen MR) is 83.8 cm³/mol. The van der Waals surface area contributed by atoms with Gasteiger partial charge in [-0.15, -0.1) is 0 Å². The van der Waals surface area contributed by atoms with Crippen LogP contribution in [0.15, 0.2) is 48.4 Å². The Kier molecular flexibility index (Phi) is 5.03. The van der Waals surface area contributed by atoms with E-state index in [2.05, 4.69) is 22.2 Å². The highest BCUT2D eigenvalue weighted by Gasteiger charge is 2.09. The van der Waals surface area contributed by atoms with Crippen LogP contribution in [-0.4, -0.2) is 19.0 Å². The van der Waals surface area contributed by atoms with E-state index in [9.17, 15) is 0 Å². The van der Waals surface area contributed by atoms with Crippen LogP contribution in [0.2, 0.25) is 6.55 Å². The van der Waals surface area contributed by atoms with Crippen LogP contribution in [0.1, 0.15) is 24.4 Å². The summed E-state index contributed by atoms with van der Waals surface area (Å²) in [5, 5.41) is 0. The third-order valence-corrected chi connectivity index (χ3v) is 4.18. The van der Waals surface area contributed by atoms with Crippen LogP contribution in [0.3, 0.4) is 0 Å². The van der Waals surface area contributed by atoms with Gasteiger partial charge < -0.3 is 10.2 Å². The number of hydrogen-bond acceptors (Lipinski definition) is 4. The first-order chi connectivity index (χ1) is 9.66. The van der Waals surface area contributed by atoms with Crippen molar-refractivity contribution in [3.8, 4) is 5.75 Å². The van der Waals surface area contributed by atoms with Crippen molar-refractivity contribution in [1.82, 2.24) is 9.97 Å². The number of nitrogens with zero attached hydrogens (tertiary/aromatic N) is 2. The van der Waals surface area contributed by atoms with E-state index in [1.54, 1.807) is 18.5 Å². The molecule has 0 amide bonds. The molecule has 0 aliphatic heterocycles. The molecule has 0 fully saturated rings. The molecule has 2 atom stereocenters. The molecular weight excluding hydrogens is 266 g/mol. The smallest absolute Gasteiger partial charge is 0.257 e. The molecular formula is C15H19N3OSi. The summed E-state index contributed by atoms with van der Waals surface area (Å²) >= 11 is 0. The maximum absolute atomic E-state index is 6.05. The summed E-state index contributed by atoms with van der Waals surface area (Å²) in [6.07, 6.45) is 5.36. The quantitative estimate of drug-likeness (QED) is 0.857. The van der Waals surface area contributed by atoms with Gasteiger partial charge in [-0.05, 0) is 31.7 Å². The Balaban J connectivity index is 2.05. The third kappa shape index (κ3) is 4.01. The van der Waals surface area contributed by atoms with Gasteiger partial charge in [0, 0.05) is 24.0 Å². The van der Waals surface area contributed by atoms with E-state index >= 15 is 0 Å². The van der Waals surface area contributed by atoms with Crippen LogP contribution in [0.5, 0.6) is 5.75 Å². The molecule has 0 saturated heterocycles. The number of hydrogen-bond donors (Lipinski definition) is 1. The van der Waals surface area contributed by atoms with Gasteiger partial charge in [-0.1, -0.05) is 23.9 Å². The minimum Gasteiger partial charge on any atom is -0.543 e. The van der Waals surface area contributed by atoms with Crippen LogP contribution >= 0.6 is 0 Å². The van der Waals surface area contributed by atoms with E-state index in [1.165, 1.54) is 0 Å². The van der Waals surface area contributed by atoms with Gasteiger partial charge in [-0.2, -0.15) is 0 Å². The van der Waals surface area contributed by atoms with Crippen molar-refractivity contribution in [2.24, 2.45) is 5.73 Å². The number of rotatable bonds is 5. The molecule has 20 heavy (non-hydrogen) atoms. The molecule has 2 N–H and O–H groups in total. The average Bonchev–Trinajstić information content (AvgIpc) is 2.46. The molecule has 0 radical (unpaired) electrons. The van der Waals surface area contributed by atoms with Crippen molar-refractivity contribution in [2.75, 3.05) is 0 Å². The Morgan fingerprint density at radius 2 is 1.90 bits per heavy atom. The van der Waals surface area contributed by atoms with Gasteiger partial charge in [-0.3, -0.25) is 0 Å². The van der Waals surface area contributed by atoms with Gasteiger partial charge in [0.1, 0.15) is 5.75 Å². The van der Waals surface area contributed by atoms with Crippen LogP contribution in [-0.2, 0) is 0 Å². The number of para-hydroxylation sites is 1. The summed E-state index contributed by atoms with van der Waals surface area (Å²) in [5.74, 6) is 1.58. The fraction of sp³-hybridized carbons (Fsp3) is 0.200. The second kappa shape index (κ2) is 6.98. The highest BCUT2D eigenvalue weighted by Crippen LogP contribution is 2.23. The molecule has 2 unspecified atom stereocenters. The predicted octanol–water partition coefficient (Wildman–Crippen LogP) is 2.48. The molecule has 1 aromatic carbocycles. The first kappa shape index (κ1) is 14.4. The summed E-state index contributed by atoms with van der Waals surface area (Å²) in [7, 11) is -1.48. The number of aromatic nitrogens is 2. The normalized spacial score (nSPS) is 14.2. The Morgan fingerprint density at radius 1 is 1.20 bits per heavy atom. The summed E-state index contributed by atoms with van der Waals surface area (Å²) in [6.45, 7) is 4.07. The molecule has 104 valence electrons. The molecule has 1 aromatic heterocycles. The first-order valence-electron chi connectivity index (χ1n) is 6.63. The summed E-state index contributed by atoms with van der Waals surface area (Å²) in [4.78, 5) is 8.30. The second-order valence-electron chi connectivity index (χ2n) is 4.62. The van der Waals surface area contributed by atoms with Gasteiger partial charge in [0.15, 0.2) is 5.82 Å². The Bertz CT molecular complexity index is 572. The van der Waals surface area contributed by atoms with Crippen LogP contribution in [0, 0.1) is 0 Å². The molecule has 2 aromatic rings. The van der Waals surface area contributed by atoms with Crippen molar-refractivity contribution < 1.29 is 4.43 Å². The maximum Gasteiger partial charge on any atom is 0.257 e. The first-order valence-corrected chi connectivity index (χ1v) is 8.92. The van der Waals surface area contributed by atoms with E-state index in [0.29, 0.717) is 5.82 Å². The van der Waals surface area contributed by atoms with Crippen LogP contribution in [0.4, 0.5) is 0 Å². The Labute approximate surface area is 121 Å². The number of benzene rings is 1. The zero-order valence-electron chi connectivity index (χ0n) is 11.7. The molecule has 2 rings (SSSR count). The molecule has 0 saturated carbocycles. The van der Waals surface area contributed by atoms with E-state index in [4.69, 9.17) is 10.2 Å². The summed E-state index contributed by atoms with van der Waals surface area (Å²) < 4.78 is 6.05. The van der Waals surface area contributed by atoms with Crippen LogP contribution in [0.25, 0.3) is 6.08 Å². The van der Waals surface area contributed by atoms with Gasteiger partial charge in [0.2, 0.25) is 0 Å². The lowest BCUT2D eigenvalue weighted by Crippen LogP contribution is -2.17. The zero-order chi connectivity index (χ0) is 14.4. The van der Waals surface area contributed by atoms with Gasteiger partial charge in [0.05, 0.1) is 0 Å².